The lowest BCUT2D eigenvalue weighted by atomic mass is 9.67. The first-order chi connectivity index (χ1) is 72.3. The zero-order valence-corrected chi connectivity index (χ0v) is 79.1. The van der Waals surface area contributed by atoms with Crippen molar-refractivity contribution in [2.45, 2.75) is 6.42 Å². The molecule has 0 saturated carbocycles. The first kappa shape index (κ1) is 86.8. The smallest absolute Gasteiger partial charge is 0.160 e. The van der Waals surface area contributed by atoms with Crippen LogP contribution in [-0.4, -0.2) is 59.8 Å². The molecule has 9 heterocycles. The molecule has 0 fully saturated rings. The summed E-state index contributed by atoms with van der Waals surface area (Å²) in [6.07, 6.45) is 30.4. The molecular weight excluding hydrogens is 1780 g/mol. The number of nitrogens with zero attached hydrogens (tertiary/aromatic N) is 12. The fraction of sp³-hybridized carbons (Fsp3) is 0.0149. The highest BCUT2D eigenvalue weighted by Gasteiger charge is 2.35. The van der Waals surface area contributed by atoms with Crippen LogP contribution in [0, 0.1) is 5.92 Å². The predicted octanol–water partition coefficient (Wildman–Crippen LogP) is 32.8. The Kier molecular flexibility index (Phi) is 22.5. The summed E-state index contributed by atoms with van der Waals surface area (Å²) < 4.78 is 0. The monoisotopic (exact) mass is 1860 g/mol. The number of allylic oxidation sites excluding steroid dienone is 14. The van der Waals surface area contributed by atoms with E-state index < -0.39 is 0 Å². The fourth-order valence-electron chi connectivity index (χ4n) is 20.9. The van der Waals surface area contributed by atoms with Crippen molar-refractivity contribution in [2.75, 3.05) is 0 Å². The number of pyridine rings is 6. The maximum Gasteiger partial charge on any atom is 0.160 e. The minimum Gasteiger partial charge on any atom is -0.256 e. The fourth-order valence-corrected chi connectivity index (χ4v) is 20.9. The van der Waals surface area contributed by atoms with Crippen molar-refractivity contribution in [2.24, 2.45) is 5.92 Å². The lowest BCUT2D eigenvalue weighted by Gasteiger charge is -2.36. The Hall–Kier alpha value is -19.6. The van der Waals surface area contributed by atoms with E-state index in [1.54, 1.807) is 0 Å². The third kappa shape index (κ3) is 16.8. The molecule has 0 aliphatic heterocycles. The third-order valence-electron chi connectivity index (χ3n) is 28.2. The molecule has 0 bridgehead atoms. The van der Waals surface area contributed by atoms with E-state index in [9.17, 15) is 0 Å². The van der Waals surface area contributed by atoms with Crippen molar-refractivity contribution in [3.8, 4) is 157 Å². The molecule has 12 heteroatoms. The summed E-state index contributed by atoms with van der Waals surface area (Å²) >= 11 is 0. The highest BCUT2D eigenvalue weighted by atomic mass is 14.9. The Morgan fingerprint density at radius 3 is 0.986 bits per heavy atom. The third-order valence-corrected chi connectivity index (χ3v) is 28.2. The van der Waals surface area contributed by atoms with E-state index in [2.05, 4.69) is 442 Å². The number of hydrogen-bond donors (Lipinski definition) is 0. The van der Waals surface area contributed by atoms with Gasteiger partial charge in [-0.1, -0.05) is 400 Å². The molecular formula is C134H86N12. The van der Waals surface area contributed by atoms with E-state index >= 15 is 0 Å². The lowest BCUT2D eigenvalue weighted by molar-refractivity contribution is 0.834. The minimum atomic E-state index is 0.209. The van der Waals surface area contributed by atoms with Crippen molar-refractivity contribution in [3.05, 3.63) is 538 Å². The molecule has 0 amide bonds. The van der Waals surface area contributed by atoms with Gasteiger partial charge in [0.25, 0.3) is 0 Å². The summed E-state index contributed by atoms with van der Waals surface area (Å²) in [5, 5.41) is 9.12. The van der Waals surface area contributed by atoms with Gasteiger partial charge in [0.2, 0.25) is 0 Å². The second-order valence-electron chi connectivity index (χ2n) is 36.8. The lowest BCUT2D eigenvalue weighted by Crippen LogP contribution is -2.22. The van der Waals surface area contributed by atoms with Crippen molar-refractivity contribution < 1.29 is 0 Å². The Labute approximate surface area is 843 Å². The highest BCUT2D eigenvalue weighted by Crippen LogP contribution is 2.51. The van der Waals surface area contributed by atoms with Gasteiger partial charge in [-0.25, -0.2) is 29.9 Å². The number of hydrogen-bond acceptors (Lipinski definition) is 12. The average Bonchev–Trinajstić information content (AvgIpc) is 0.728. The molecule has 0 radical (unpaired) electrons. The molecule has 146 heavy (non-hydrogen) atoms. The van der Waals surface area contributed by atoms with Crippen LogP contribution in [-0.2, 0) is 0 Å². The van der Waals surface area contributed by atoms with Crippen molar-refractivity contribution >= 4 is 81.8 Å². The van der Waals surface area contributed by atoms with E-state index in [0.717, 1.165) is 228 Å². The van der Waals surface area contributed by atoms with E-state index in [-0.39, 0.29) is 5.92 Å². The second-order valence-corrected chi connectivity index (χ2v) is 36.8. The van der Waals surface area contributed by atoms with Crippen LogP contribution in [0.25, 0.3) is 239 Å². The normalized spacial score (nSPS) is 13.3. The Morgan fingerprint density at radius 2 is 0.541 bits per heavy atom. The molecule has 1 unspecified atom stereocenters. The molecule has 12 nitrogen and oxygen atoms in total. The average molecular weight is 1860 g/mol. The minimum absolute atomic E-state index is 0.209. The van der Waals surface area contributed by atoms with Gasteiger partial charge in [0.1, 0.15) is 0 Å². The van der Waals surface area contributed by atoms with Crippen LogP contribution in [0.4, 0.5) is 0 Å². The molecule has 0 saturated heterocycles. The number of aromatic nitrogens is 12. The molecule has 1 atom stereocenters. The number of rotatable bonds is 15. The summed E-state index contributed by atoms with van der Waals surface area (Å²) in [6, 6.07) is 145. The maximum atomic E-state index is 5.33. The van der Waals surface area contributed by atoms with Crippen LogP contribution in [0.2, 0.25) is 0 Å². The summed E-state index contributed by atoms with van der Waals surface area (Å²) in [7, 11) is 0. The second kappa shape index (κ2) is 37.9. The summed E-state index contributed by atoms with van der Waals surface area (Å²) in [5.41, 5.74) is 40.8. The van der Waals surface area contributed by atoms with Gasteiger partial charge in [0.05, 0.1) is 67.3 Å². The summed E-state index contributed by atoms with van der Waals surface area (Å²) in [4.78, 5) is 58.8. The van der Waals surface area contributed by atoms with Crippen LogP contribution < -0.4 is 0 Å². The molecule has 4 aliphatic carbocycles. The zero-order chi connectivity index (χ0) is 96.7. The predicted molar refractivity (Wildman–Crippen MR) is 597 cm³/mol. The van der Waals surface area contributed by atoms with Crippen molar-refractivity contribution in [3.63, 3.8) is 0 Å². The molecule has 4 aliphatic rings. The highest BCUT2D eigenvalue weighted by molar-refractivity contribution is 6.02. The molecule has 9 aromatic heterocycles. The van der Waals surface area contributed by atoms with Crippen LogP contribution in [0.1, 0.15) is 12.1 Å². The van der Waals surface area contributed by atoms with Crippen LogP contribution in [0.15, 0.2) is 532 Å². The molecule has 15 aromatic carbocycles. The Balaban J connectivity index is 0.000000112. The first-order valence-electron chi connectivity index (χ1n) is 49.1. The Bertz CT molecular complexity index is 9080. The van der Waals surface area contributed by atoms with E-state index in [0.29, 0.717) is 17.5 Å². The van der Waals surface area contributed by atoms with Crippen LogP contribution in [0.5, 0.6) is 0 Å². The van der Waals surface area contributed by atoms with E-state index in [1.807, 2.05) is 91.8 Å². The Morgan fingerprint density at radius 1 is 0.205 bits per heavy atom. The number of fused-ring (bicyclic) bond motifs is 7. The van der Waals surface area contributed by atoms with Crippen LogP contribution in [0.3, 0.4) is 0 Å². The van der Waals surface area contributed by atoms with Gasteiger partial charge in [0.15, 0.2) is 17.5 Å². The van der Waals surface area contributed by atoms with Gasteiger partial charge in [-0.05, 0) is 156 Å². The largest absolute Gasteiger partial charge is 0.256 e. The quantitative estimate of drug-likeness (QED) is 0.0959. The van der Waals surface area contributed by atoms with Gasteiger partial charge < -0.3 is 0 Å². The SMILES string of the molecule is C1=CC2=C3C(=CC=C4C=CC(c5cc(-c6ccc(-c7ccnc8ccccc78)cc6)nc(-c6ccc(-c7ccnc8ccccc78)cc6)n5)=C(C=C2)C43)C1.c1ccc(-c2cc(-c3ccc(-c4cccc5cccnc45)cc3)nc(-c3ccc(-c4cccc5cccnc45)cc3)n2)cc1.c1ccc2c(-c3cc(-c4ccc(-c5cccc6cccnc56)cc4)nc(-c4ccc(-c5cccc6cccnc56)cc4)n3)cccc2c1. The van der Waals surface area contributed by atoms with Crippen LogP contribution >= 0.6 is 0 Å². The van der Waals surface area contributed by atoms with Gasteiger partial charge in [0, 0.05) is 148 Å². The van der Waals surface area contributed by atoms with Crippen molar-refractivity contribution in [1.82, 2.24) is 59.8 Å². The van der Waals surface area contributed by atoms with E-state index in [4.69, 9.17) is 29.9 Å². The number of para-hydroxylation sites is 6. The molecule has 682 valence electrons. The topological polar surface area (TPSA) is 155 Å². The summed E-state index contributed by atoms with van der Waals surface area (Å²) in [6.45, 7) is 0. The van der Waals surface area contributed by atoms with Gasteiger partial charge in [-0.3, -0.25) is 29.9 Å². The zero-order valence-electron chi connectivity index (χ0n) is 79.1. The van der Waals surface area contributed by atoms with Crippen molar-refractivity contribution in [1.29, 1.82) is 0 Å². The van der Waals surface area contributed by atoms with E-state index in [1.165, 1.54) is 33.3 Å². The molecule has 28 rings (SSSR count). The maximum absolute atomic E-state index is 5.33. The van der Waals surface area contributed by atoms with Gasteiger partial charge in [-0.2, -0.15) is 0 Å². The van der Waals surface area contributed by atoms with Gasteiger partial charge in [-0.15, -0.1) is 0 Å². The molecule has 24 aromatic rings. The molecule has 0 N–H and O–H groups in total. The first-order valence-corrected chi connectivity index (χ1v) is 49.1. The standard InChI is InChI=1S/C50H32N4.C44H28N4.C40H26N4/c1-3-10-44-40(8-1)38(26-28-51-44)31-12-16-33(17-13-31)46-30-47(42-24-22-36-19-18-34-6-5-7-35-23-25-43(42)49(36)48(34)35)54-50(53-46)37-20-14-32(15-21-37)39-27-29-52-45-11-4-2-9-41(39)45;1-2-14-36-29(8-1)9-3-17-39(36)41-28-40(32-22-18-30(19-23-32)37-15-4-10-33-12-6-26-45-42(33)37)47-44(48-41)35-24-20-31(21-25-35)38-16-5-11-34-13-7-27-46-43(34)38;1-2-8-29(9-3-1)36-26-37(30-20-16-27(17-21-30)34-14-4-10-31-12-6-24-41-38(31)34)44-40(43-36)33-22-18-28(19-23-33)35-15-5-11-32-13-7-25-42-39(32)35/h1-5,7-30,49H,6H2;1-28H;1-26H. The molecule has 0 spiro atoms. The summed E-state index contributed by atoms with van der Waals surface area (Å²) in [5.74, 6) is 2.28. The number of benzene rings is 15. The van der Waals surface area contributed by atoms with Gasteiger partial charge >= 0.3 is 0 Å².